The van der Waals surface area contributed by atoms with Crippen LogP contribution in [0.4, 0.5) is 16.2 Å². The third-order valence-corrected chi connectivity index (χ3v) is 8.07. The van der Waals surface area contributed by atoms with Gasteiger partial charge in [0.15, 0.2) is 5.69 Å². The number of rotatable bonds is 6. The fourth-order valence-corrected chi connectivity index (χ4v) is 5.31. The average Bonchev–Trinajstić information content (AvgIpc) is 3.40. The maximum absolute atomic E-state index is 13.7. The van der Waals surface area contributed by atoms with Gasteiger partial charge >= 0.3 is 6.03 Å². The van der Waals surface area contributed by atoms with Crippen molar-refractivity contribution < 1.29 is 19.1 Å². The predicted molar refractivity (Wildman–Crippen MR) is 168 cm³/mol. The number of carbonyl (C=O) groups excluding carboxylic acids is 3. The van der Waals surface area contributed by atoms with Crippen LogP contribution in [0.1, 0.15) is 56.4 Å². The first kappa shape index (κ1) is 31.1. The number of aryl methyl sites for hydroxylation is 1. The number of aromatic nitrogens is 3. The molecule has 0 saturated carbocycles. The van der Waals surface area contributed by atoms with Crippen molar-refractivity contribution in [3.63, 3.8) is 0 Å². The van der Waals surface area contributed by atoms with Gasteiger partial charge in [-0.3, -0.25) is 24.2 Å². The predicted octanol–water partition coefficient (Wildman–Crippen LogP) is 3.84. The van der Waals surface area contributed by atoms with Crippen molar-refractivity contribution in [3.8, 4) is 11.1 Å². The van der Waals surface area contributed by atoms with E-state index >= 15 is 0 Å². The summed E-state index contributed by atoms with van der Waals surface area (Å²) in [4.78, 5) is 48.0. The van der Waals surface area contributed by atoms with Gasteiger partial charge < -0.3 is 25.6 Å². The van der Waals surface area contributed by atoms with E-state index in [9.17, 15) is 14.4 Å². The van der Waals surface area contributed by atoms with Gasteiger partial charge in [0.2, 0.25) is 5.91 Å². The van der Waals surface area contributed by atoms with Gasteiger partial charge in [-0.2, -0.15) is 5.10 Å². The number of carbonyl (C=O) groups is 3. The maximum Gasteiger partial charge on any atom is 0.323 e. The molecule has 4 amide bonds. The van der Waals surface area contributed by atoms with Crippen LogP contribution in [0.3, 0.4) is 0 Å². The molecular formula is C32H42N8O4. The minimum absolute atomic E-state index is 0.0747. The highest BCUT2D eigenvalue weighted by atomic mass is 16.5. The number of hydrogen-bond donors (Lipinski definition) is 3. The topological polar surface area (TPSA) is 134 Å². The first-order valence-electron chi connectivity index (χ1n) is 15.0. The third-order valence-electron chi connectivity index (χ3n) is 8.07. The van der Waals surface area contributed by atoms with E-state index in [0.717, 1.165) is 55.2 Å². The number of urea groups is 1. The van der Waals surface area contributed by atoms with Gasteiger partial charge in [-0.1, -0.05) is 12.1 Å². The lowest BCUT2D eigenvalue weighted by atomic mass is 9.98. The largest absolute Gasteiger partial charge is 0.379 e. The summed E-state index contributed by atoms with van der Waals surface area (Å²) in [5.41, 5.74) is 3.36. The zero-order valence-corrected chi connectivity index (χ0v) is 26.4. The summed E-state index contributed by atoms with van der Waals surface area (Å²) in [6.45, 7) is 16.0. The first-order valence-corrected chi connectivity index (χ1v) is 15.0. The van der Waals surface area contributed by atoms with Gasteiger partial charge in [0.25, 0.3) is 5.91 Å². The lowest BCUT2D eigenvalue weighted by Crippen LogP contribution is -2.63. The zero-order valence-electron chi connectivity index (χ0n) is 26.4. The summed E-state index contributed by atoms with van der Waals surface area (Å²) in [5.74, 6) is -0.665. The number of pyridine rings is 1. The van der Waals surface area contributed by atoms with Crippen LogP contribution in [0.5, 0.6) is 0 Å². The molecule has 3 N–H and O–H groups in total. The Balaban J connectivity index is 1.33. The van der Waals surface area contributed by atoms with Gasteiger partial charge in [0.1, 0.15) is 5.54 Å². The van der Waals surface area contributed by atoms with Crippen molar-refractivity contribution in [1.82, 2.24) is 29.9 Å². The van der Waals surface area contributed by atoms with Crippen LogP contribution in [-0.2, 0) is 21.6 Å². The SMILES string of the molecule is Cc1ccc(NC(=O)Nc2cn(C(C)(C)C)nc2C(=O)N2CCNC(=O)C2(C)C)cc1-c1ccc(CN2CCOCC2)nc1. The lowest BCUT2D eigenvalue weighted by molar-refractivity contribution is -0.133. The minimum Gasteiger partial charge on any atom is -0.379 e. The summed E-state index contributed by atoms with van der Waals surface area (Å²) >= 11 is 0. The van der Waals surface area contributed by atoms with Crippen LogP contribution in [0.2, 0.25) is 0 Å². The van der Waals surface area contributed by atoms with Gasteiger partial charge in [-0.05, 0) is 70.9 Å². The van der Waals surface area contributed by atoms with E-state index in [1.165, 1.54) is 4.90 Å². The Morgan fingerprint density at radius 3 is 2.50 bits per heavy atom. The van der Waals surface area contributed by atoms with E-state index in [-0.39, 0.29) is 17.3 Å². The smallest absolute Gasteiger partial charge is 0.323 e. The summed E-state index contributed by atoms with van der Waals surface area (Å²) < 4.78 is 7.08. The summed E-state index contributed by atoms with van der Waals surface area (Å²) in [7, 11) is 0. The molecule has 0 spiro atoms. The van der Waals surface area contributed by atoms with Crippen LogP contribution in [0, 0.1) is 6.92 Å². The molecule has 2 fully saturated rings. The highest BCUT2D eigenvalue weighted by Crippen LogP contribution is 2.28. The van der Waals surface area contributed by atoms with Crippen molar-refractivity contribution in [2.45, 2.75) is 59.2 Å². The van der Waals surface area contributed by atoms with E-state index in [2.05, 4.69) is 37.0 Å². The quantitative estimate of drug-likeness (QED) is 0.391. The number of morpholine rings is 1. The average molecular weight is 603 g/mol. The van der Waals surface area contributed by atoms with Gasteiger partial charge in [0, 0.05) is 50.2 Å². The molecule has 12 heteroatoms. The number of anilines is 2. The number of nitrogens with one attached hydrogen (secondary N) is 3. The molecule has 0 atom stereocenters. The van der Waals surface area contributed by atoms with E-state index < -0.39 is 23.0 Å². The second-order valence-electron chi connectivity index (χ2n) is 12.8. The summed E-state index contributed by atoms with van der Waals surface area (Å²) in [6, 6.07) is 9.26. The number of ether oxygens (including phenoxy) is 1. The van der Waals surface area contributed by atoms with E-state index in [1.54, 1.807) is 24.7 Å². The Morgan fingerprint density at radius 2 is 1.82 bits per heavy atom. The molecule has 2 aliphatic heterocycles. The molecule has 4 heterocycles. The van der Waals surface area contributed by atoms with Gasteiger partial charge in [-0.25, -0.2) is 4.79 Å². The maximum atomic E-state index is 13.7. The molecule has 0 bridgehead atoms. The number of piperazine rings is 1. The number of nitrogens with zero attached hydrogens (tertiary/aromatic N) is 5. The van der Waals surface area contributed by atoms with Crippen molar-refractivity contribution in [2.24, 2.45) is 0 Å². The molecule has 1 aromatic carbocycles. The Bertz CT molecular complexity index is 1530. The number of hydrogen-bond acceptors (Lipinski definition) is 7. The van der Waals surface area contributed by atoms with Crippen molar-refractivity contribution in [2.75, 3.05) is 50.0 Å². The monoisotopic (exact) mass is 602 g/mol. The lowest BCUT2D eigenvalue weighted by Gasteiger charge is -2.40. The molecule has 5 rings (SSSR count). The Hall–Kier alpha value is -4.29. The molecule has 2 aliphatic rings. The van der Waals surface area contributed by atoms with Crippen molar-refractivity contribution in [1.29, 1.82) is 0 Å². The molecule has 44 heavy (non-hydrogen) atoms. The third kappa shape index (κ3) is 6.76. The van der Waals surface area contributed by atoms with Gasteiger partial charge in [0.05, 0.1) is 36.3 Å². The fraction of sp³-hybridized carbons (Fsp3) is 0.469. The normalized spacial score (nSPS) is 17.2. The van der Waals surface area contributed by atoms with Crippen LogP contribution < -0.4 is 16.0 Å². The molecule has 3 aromatic rings. The van der Waals surface area contributed by atoms with Crippen LogP contribution in [0.15, 0.2) is 42.7 Å². The van der Waals surface area contributed by atoms with E-state index in [1.807, 2.05) is 58.2 Å². The fourth-order valence-electron chi connectivity index (χ4n) is 5.31. The molecular weight excluding hydrogens is 560 g/mol. The molecule has 12 nitrogen and oxygen atoms in total. The molecule has 0 unspecified atom stereocenters. The highest BCUT2D eigenvalue weighted by molar-refractivity contribution is 6.07. The first-order chi connectivity index (χ1) is 20.8. The second-order valence-corrected chi connectivity index (χ2v) is 12.8. The number of benzene rings is 1. The van der Waals surface area contributed by atoms with E-state index in [4.69, 9.17) is 4.74 Å². The Labute approximate surface area is 258 Å². The van der Waals surface area contributed by atoms with Crippen molar-refractivity contribution in [3.05, 3.63) is 59.7 Å². The Morgan fingerprint density at radius 1 is 1.07 bits per heavy atom. The Kier molecular flexibility index (Phi) is 8.76. The molecule has 2 saturated heterocycles. The summed E-state index contributed by atoms with van der Waals surface area (Å²) in [5, 5.41) is 13.1. The highest BCUT2D eigenvalue weighted by Gasteiger charge is 2.42. The molecule has 2 aromatic heterocycles. The van der Waals surface area contributed by atoms with E-state index in [0.29, 0.717) is 18.8 Å². The molecule has 0 radical (unpaired) electrons. The summed E-state index contributed by atoms with van der Waals surface area (Å²) in [6.07, 6.45) is 3.51. The molecule has 0 aliphatic carbocycles. The molecule has 234 valence electrons. The number of amides is 4. The standard InChI is InChI=1S/C32H42N8O4/c1-21-7-9-23(17-25(21)22-8-10-24(34-18-22)19-38-13-15-44-16-14-38)35-30(43)36-26-20-40(31(2,3)4)37-27(26)28(41)39-12-11-33-29(42)32(39,5)6/h7-10,17-18,20H,11-16,19H2,1-6H3,(H,33,42)(H2,35,36,43). The zero-order chi connectivity index (χ0) is 31.6. The van der Waals surface area contributed by atoms with Crippen molar-refractivity contribution >= 4 is 29.2 Å². The second kappa shape index (κ2) is 12.4. The van der Waals surface area contributed by atoms with Gasteiger partial charge in [-0.15, -0.1) is 0 Å². The van der Waals surface area contributed by atoms with Crippen LogP contribution in [0.25, 0.3) is 11.1 Å². The van der Waals surface area contributed by atoms with Crippen LogP contribution >= 0.6 is 0 Å². The minimum atomic E-state index is -1.06. The van der Waals surface area contributed by atoms with Crippen LogP contribution in [-0.4, -0.2) is 87.3 Å².